The van der Waals surface area contributed by atoms with Crippen LogP contribution in [0.5, 0.6) is 11.5 Å². The molecule has 0 radical (unpaired) electrons. The largest absolute Gasteiger partial charge is 0.493 e. The molecule has 2 aromatic carbocycles. The maximum absolute atomic E-state index is 12.5. The Bertz CT molecular complexity index is 979. The molecule has 0 saturated carbocycles. The van der Waals surface area contributed by atoms with Crippen molar-refractivity contribution in [2.24, 2.45) is 0 Å². The number of rotatable bonds is 9. The van der Waals surface area contributed by atoms with E-state index in [4.69, 9.17) is 9.47 Å². The van der Waals surface area contributed by atoms with E-state index < -0.39 is 0 Å². The minimum absolute atomic E-state index is 0.0774. The second-order valence-electron chi connectivity index (χ2n) is 7.57. The van der Waals surface area contributed by atoms with Crippen LogP contribution in [0.2, 0.25) is 0 Å². The van der Waals surface area contributed by atoms with Crippen molar-refractivity contribution in [2.45, 2.75) is 31.9 Å². The number of methoxy groups -OCH3 is 1. The number of nitrogens with zero attached hydrogens (tertiary/aromatic N) is 2. The molecule has 1 atom stereocenters. The lowest BCUT2D eigenvalue weighted by Crippen LogP contribution is -2.37. The molecule has 1 aromatic heterocycles. The van der Waals surface area contributed by atoms with E-state index >= 15 is 0 Å². The van der Waals surface area contributed by atoms with E-state index in [1.54, 1.807) is 18.4 Å². The lowest BCUT2D eigenvalue weighted by Gasteiger charge is -2.16. The van der Waals surface area contributed by atoms with Crippen molar-refractivity contribution < 1.29 is 14.3 Å². The van der Waals surface area contributed by atoms with E-state index in [1.807, 2.05) is 60.1 Å². The first kappa shape index (κ1) is 21.2. The van der Waals surface area contributed by atoms with Crippen LogP contribution in [0.3, 0.4) is 0 Å². The molecule has 4 rings (SSSR count). The molecule has 7 heteroatoms. The van der Waals surface area contributed by atoms with Crippen molar-refractivity contribution in [1.29, 1.82) is 0 Å². The third kappa shape index (κ3) is 5.76. The molecular formula is C24H27N3O3S. The Labute approximate surface area is 186 Å². The number of amides is 1. The highest BCUT2D eigenvalue weighted by Gasteiger charge is 2.25. The van der Waals surface area contributed by atoms with Gasteiger partial charge in [-0.1, -0.05) is 36.4 Å². The molecule has 31 heavy (non-hydrogen) atoms. The molecule has 0 unspecified atom stereocenters. The summed E-state index contributed by atoms with van der Waals surface area (Å²) in [6, 6.07) is 16.1. The lowest BCUT2D eigenvalue weighted by molar-refractivity contribution is -0.121. The van der Waals surface area contributed by atoms with Crippen molar-refractivity contribution in [3.63, 3.8) is 0 Å². The summed E-state index contributed by atoms with van der Waals surface area (Å²) >= 11 is 1.64. The van der Waals surface area contributed by atoms with E-state index in [0.29, 0.717) is 30.9 Å². The average Bonchev–Trinajstić information content (AvgIpc) is 3.49. The van der Waals surface area contributed by atoms with Gasteiger partial charge in [-0.2, -0.15) is 0 Å². The molecule has 1 amide bonds. The van der Waals surface area contributed by atoms with Crippen LogP contribution in [0.1, 0.15) is 24.0 Å². The Balaban J connectivity index is 1.28. The minimum atomic E-state index is 0.0774. The number of aryl methyl sites for hydroxylation is 1. The lowest BCUT2D eigenvalue weighted by atomic mass is 10.1. The molecule has 1 fully saturated rings. The summed E-state index contributed by atoms with van der Waals surface area (Å²) in [5.41, 5.74) is 2.15. The normalized spacial score (nSPS) is 15.6. The number of nitrogens with one attached hydrogen (secondary N) is 1. The van der Waals surface area contributed by atoms with Gasteiger partial charge in [0.05, 0.1) is 7.11 Å². The molecule has 2 heterocycles. The van der Waals surface area contributed by atoms with Gasteiger partial charge in [-0.05, 0) is 36.1 Å². The van der Waals surface area contributed by atoms with Crippen LogP contribution < -0.4 is 19.7 Å². The molecule has 162 valence electrons. The molecule has 0 bridgehead atoms. The van der Waals surface area contributed by atoms with E-state index in [-0.39, 0.29) is 11.9 Å². The summed E-state index contributed by atoms with van der Waals surface area (Å²) < 4.78 is 11.4. The van der Waals surface area contributed by atoms with Crippen LogP contribution in [0.4, 0.5) is 5.13 Å². The summed E-state index contributed by atoms with van der Waals surface area (Å²) in [4.78, 5) is 19.1. The minimum Gasteiger partial charge on any atom is -0.493 e. The van der Waals surface area contributed by atoms with Crippen molar-refractivity contribution in [2.75, 3.05) is 25.1 Å². The van der Waals surface area contributed by atoms with Gasteiger partial charge in [-0.15, -0.1) is 11.3 Å². The molecule has 0 spiro atoms. The van der Waals surface area contributed by atoms with Gasteiger partial charge >= 0.3 is 0 Å². The number of benzene rings is 2. The molecule has 1 N–H and O–H groups in total. The van der Waals surface area contributed by atoms with Gasteiger partial charge in [0.1, 0.15) is 6.61 Å². The molecule has 1 saturated heterocycles. The second kappa shape index (κ2) is 10.3. The highest BCUT2D eigenvalue weighted by atomic mass is 32.1. The van der Waals surface area contributed by atoms with Crippen LogP contribution in [-0.2, 0) is 17.8 Å². The number of ether oxygens (including phenoxy) is 2. The van der Waals surface area contributed by atoms with Crippen molar-refractivity contribution in [3.05, 3.63) is 71.2 Å². The smallest absolute Gasteiger partial charge is 0.220 e. The van der Waals surface area contributed by atoms with E-state index in [2.05, 4.69) is 15.2 Å². The molecule has 3 aromatic rings. The fourth-order valence-corrected chi connectivity index (χ4v) is 4.39. The maximum Gasteiger partial charge on any atom is 0.220 e. The van der Waals surface area contributed by atoms with Crippen LogP contribution in [0.15, 0.2) is 60.1 Å². The average molecular weight is 438 g/mol. The standard InChI is InChI=1S/C24H27N3O3S/c1-29-21-9-7-18(15-22(21)30-17-19-5-3-2-4-6-19)8-10-23(28)26-20-11-13-27(16-20)24-25-12-14-31-24/h2-7,9,12,14-15,20H,8,10-11,13,16-17H2,1H3,(H,26,28)/t20-/m0/s1. The van der Waals surface area contributed by atoms with E-state index in [0.717, 1.165) is 35.8 Å². The zero-order valence-electron chi connectivity index (χ0n) is 17.6. The van der Waals surface area contributed by atoms with Gasteiger partial charge in [0.2, 0.25) is 5.91 Å². The molecule has 1 aliphatic rings. The zero-order valence-corrected chi connectivity index (χ0v) is 18.4. The maximum atomic E-state index is 12.5. The van der Waals surface area contributed by atoms with Crippen molar-refractivity contribution in [3.8, 4) is 11.5 Å². The number of hydrogen-bond donors (Lipinski definition) is 1. The van der Waals surface area contributed by atoms with Crippen LogP contribution in [-0.4, -0.2) is 37.1 Å². The number of aromatic nitrogens is 1. The topological polar surface area (TPSA) is 63.7 Å². The summed E-state index contributed by atoms with van der Waals surface area (Å²) in [7, 11) is 1.63. The molecule has 1 aliphatic heterocycles. The van der Waals surface area contributed by atoms with E-state index in [1.165, 1.54) is 0 Å². The molecule has 0 aliphatic carbocycles. The Morgan fingerprint density at radius 2 is 2.06 bits per heavy atom. The third-order valence-corrected chi connectivity index (χ3v) is 6.18. The van der Waals surface area contributed by atoms with Gasteiger partial charge < -0.3 is 19.7 Å². The Kier molecular flexibility index (Phi) is 7.04. The second-order valence-corrected chi connectivity index (χ2v) is 8.45. The molecular weight excluding hydrogens is 410 g/mol. The highest BCUT2D eigenvalue weighted by molar-refractivity contribution is 7.13. The van der Waals surface area contributed by atoms with Gasteiger partial charge in [0, 0.05) is 37.1 Å². The summed E-state index contributed by atoms with van der Waals surface area (Å²) in [5.74, 6) is 1.46. The fourth-order valence-electron chi connectivity index (χ4n) is 3.71. The van der Waals surface area contributed by atoms with Crippen LogP contribution >= 0.6 is 11.3 Å². The summed E-state index contributed by atoms with van der Waals surface area (Å²) in [6.07, 6.45) is 3.86. The Hall–Kier alpha value is -3.06. The van der Waals surface area contributed by atoms with Gasteiger partial charge in [-0.3, -0.25) is 4.79 Å². The predicted molar refractivity (Wildman–Crippen MR) is 123 cm³/mol. The SMILES string of the molecule is COc1ccc(CCC(=O)N[C@H]2CCN(c3nccs3)C2)cc1OCc1ccccc1. The quantitative estimate of drug-likeness (QED) is 0.547. The van der Waals surface area contributed by atoms with E-state index in [9.17, 15) is 4.79 Å². The molecule has 6 nitrogen and oxygen atoms in total. The number of anilines is 1. The summed E-state index contributed by atoms with van der Waals surface area (Å²) in [5, 5.41) is 6.17. The van der Waals surface area contributed by atoms with Crippen LogP contribution in [0.25, 0.3) is 0 Å². The highest BCUT2D eigenvalue weighted by Crippen LogP contribution is 2.29. The zero-order chi connectivity index (χ0) is 21.5. The predicted octanol–water partition coefficient (Wildman–Crippen LogP) is 4.06. The first-order chi connectivity index (χ1) is 15.2. The number of hydrogen-bond acceptors (Lipinski definition) is 6. The number of carbonyl (C=O) groups is 1. The summed E-state index contributed by atoms with van der Waals surface area (Å²) in [6.45, 7) is 2.22. The van der Waals surface area contributed by atoms with Gasteiger partial charge in [0.15, 0.2) is 16.6 Å². The Morgan fingerprint density at radius 3 is 2.84 bits per heavy atom. The first-order valence-corrected chi connectivity index (χ1v) is 11.4. The van der Waals surface area contributed by atoms with Crippen molar-refractivity contribution >= 4 is 22.4 Å². The Morgan fingerprint density at radius 1 is 1.19 bits per heavy atom. The van der Waals surface area contributed by atoms with Crippen LogP contribution in [0, 0.1) is 0 Å². The van der Waals surface area contributed by atoms with Gasteiger partial charge in [0.25, 0.3) is 0 Å². The monoisotopic (exact) mass is 437 g/mol. The first-order valence-electron chi connectivity index (χ1n) is 10.5. The number of thiazole rings is 1. The number of carbonyl (C=O) groups excluding carboxylic acids is 1. The van der Waals surface area contributed by atoms with Gasteiger partial charge in [-0.25, -0.2) is 4.98 Å². The van der Waals surface area contributed by atoms with Crippen molar-refractivity contribution in [1.82, 2.24) is 10.3 Å². The third-order valence-electron chi connectivity index (χ3n) is 5.35. The fraction of sp³-hybridized carbons (Fsp3) is 0.333.